The van der Waals surface area contributed by atoms with Crippen LogP contribution >= 0.6 is 12.2 Å². The number of aryl methyl sites for hydroxylation is 1. The van der Waals surface area contributed by atoms with Crippen molar-refractivity contribution in [3.8, 4) is 0 Å². The van der Waals surface area contributed by atoms with Gasteiger partial charge in [-0.1, -0.05) is 6.07 Å². The maximum atomic E-state index is 12.0. The highest BCUT2D eigenvalue weighted by Gasteiger charge is 2.18. The summed E-state index contributed by atoms with van der Waals surface area (Å²) in [6.45, 7) is 1.88. The molecule has 0 fully saturated rings. The van der Waals surface area contributed by atoms with Crippen LogP contribution < -0.4 is 10.6 Å². The van der Waals surface area contributed by atoms with E-state index in [1.807, 2.05) is 6.92 Å². The smallest absolute Gasteiger partial charge is 0.242 e. The lowest BCUT2D eigenvalue weighted by atomic mass is 10.2. The number of nitrogens with one attached hydrogen (secondary N) is 2. The van der Waals surface area contributed by atoms with Crippen LogP contribution in [0.5, 0.6) is 0 Å². The summed E-state index contributed by atoms with van der Waals surface area (Å²) in [5.41, 5.74) is 1.60. The minimum absolute atomic E-state index is 0.236. The van der Waals surface area contributed by atoms with Gasteiger partial charge in [-0.25, -0.2) is 12.7 Å². The van der Waals surface area contributed by atoms with Gasteiger partial charge in [0.1, 0.15) is 0 Å². The van der Waals surface area contributed by atoms with E-state index in [2.05, 4.69) is 10.6 Å². The Morgan fingerprint density at radius 3 is 2.44 bits per heavy atom. The molecular weight excluding hydrogens is 270 g/mol. The lowest BCUT2D eigenvalue weighted by Crippen LogP contribution is -2.25. The van der Waals surface area contributed by atoms with E-state index >= 15 is 0 Å². The molecule has 5 nitrogen and oxygen atoms in total. The van der Waals surface area contributed by atoms with Crippen LogP contribution in [0.1, 0.15) is 5.56 Å². The Balaban J connectivity index is 3.20. The van der Waals surface area contributed by atoms with Crippen LogP contribution in [0.4, 0.5) is 5.69 Å². The lowest BCUT2D eigenvalue weighted by Gasteiger charge is -2.15. The molecule has 0 saturated carbocycles. The maximum absolute atomic E-state index is 12.0. The number of sulfonamides is 1. The van der Waals surface area contributed by atoms with Crippen molar-refractivity contribution in [2.24, 2.45) is 0 Å². The normalized spacial score (nSPS) is 11.4. The molecule has 2 N–H and O–H groups in total. The fourth-order valence-corrected chi connectivity index (χ4v) is 2.33. The third kappa shape index (κ3) is 3.18. The molecule has 1 aromatic carbocycles. The molecule has 0 aliphatic heterocycles. The zero-order chi connectivity index (χ0) is 13.9. The van der Waals surface area contributed by atoms with Crippen LogP contribution in [0.3, 0.4) is 0 Å². The van der Waals surface area contributed by atoms with E-state index in [1.54, 1.807) is 25.2 Å². The summed E-state index contributed by atoms with van der Waals surface area (Å²) in [7, 11) is 1.27. The average Bonchev–Trinajstić information content (AvgIpc) is 2.31. The molecular formula is C11H17N3O2S2. The predicted octanol–water partition coefficient (Wildman–Crippen LogP) is 1.16. The molecule has 100 valence electrons. The summed E-state index contributed by atoms with van der Waals surface area (Å²) in [5.74, 6) is 0. The van der Waals surface area contributed by atoms with Gasteiger partial charge in [0.15, 0.2) is 5.11 Å². The molecule has 0 saturated heterocycles. The first-order valence-electron chi connectivity index (χ1n) is 5.31. The fraction of sp³-hybridized carbons (Fsp3) is 0.364. The molecule has 0 unspecified atom stereocenters. The second-order valence-electron chi connectivity index (χ2n) is 3.97. The topological polar surface area (TPSA) is 61.4 Å². The zero-order valence-corrected chi connectivity index (χ0v) is 12.4. The van der Waals surface area contributed by atoms with Gasteiger partial charge in [-0.05, 0) is 36.8 Å². The molecule has 0 amide bonds. The van der Waals surface area contributed by atoms with Crippen LogP contribution in [0, 0.1) is 6.92 Å². The summed E-state index contributed by atoms with van der Waals surface area (Å²) in [4.78, 5) is 0.236. The standard InChI is InChI=1S/C11H17N3O2S2/c1-8-5-6-9(18(15,16)14(3)4)7-10(8)13-11(17)12-2/h5-7H,1-4H3,(H2,12,13,17). The predicted molar refractivity (Wildman–Crippen MR) is 77.3 cm³/mol. The van der Waals surface area contributed by atoms with Gasteiger partial charge in [0.25, 0.3) is 0 Å². The first kappa shape index (κ1) is 14.9. The van der Waals surface area contributed by atoms with Crippen molar-refractivity contribution in [3.63, 3.8) is 0 Å². The Kier molecular flexibility index (Phi) is 4.66. The number of anilines is 1. The van der Waals surface area contributed by atoms with Gasteiger partial charge in [-0.15, -0.1) is 0 Å². The van der Waals surface area contributed by atoms with Gasteiger partial charge in [-0.3, -0.25) is 0 Å². The Morgan fingerprint density at radius 1 is 1.33 bits per heavy atom. The molecule has 0 bridgehead atoms. The Bertz CT molecular complexity index is 553. The third-order valence-electron chi connectivity index (χ3n) is 2.46. The van der Waals surface area contributed by atoms with Crippen LogP contribution in [-0.4, -0.2) is 39.0 Å². The second-order valence-corrected chi connectivity index (χ2v) is 6.53. The molecule has 1 aromatic rings. The van der Waals surface area contributed by atoms with Gasteiger partial charge in [0.2, 0.25) is 10.0 Å². The van der Waals surface area contributed by atoms with Gasteiger partial charge >= 0.3 is 0 Å². The summed E-state index contributed by atoms with van der Waals surface area (Å²) < 4.78 is 25.2. The molecule has 0 aliphatic carbocycles. The quantitative estimate of drug-likeness (QED) is 0.817. The molecule has 0 radical (unpaired) electrons. The number of hydrogen-bond acceptors (Lipinski definition) is 3. The van der Waals surface area contributed by atoms with Gasteiger partial charge < -0.3 is 10.6 Å². The number of benzene rings is 1. The number of nitrogens with zero attached hydrogens (tertiary/aromatic N) is 1. The molecule has 0 aliphatic rings. The van der Waals surface area contributed by atoms with Crippen molar-refractivity contribution < 1.29 is 8.42 Å². The van der Waals surface area contributed by atoms with Crippen LogP contribution in [0.2, 0.25) is 0 Å². The van der Waals surface area contributed by atoms with E-state index in [4.69, 9.17) is 12.2 Å². The SMILES string of the molecule is CNC(=S)Nc1cc(S(=O)(=O)N(C)C)ccc1C. The summed E-state index contributed by atoms with van der Waals surface area (Å²) >= 11 is 5.00. The highest BCUT2D eigenvalue weighted by molar-refractivity contribution is 7.89. The molecule has 18 heavy (non-hydrogen) atoms. The van der Waals surface area contributed by atoms with Crippen LogP contribution in [-0.2, 0) is 10.0 Å². The van der Waals surface area contributed by atoms with Gasteiger partial charge in [-0.2, -0.15) is 0 Å². The molecule has 0 aromatic heterocycles. The minimum atomic E-state index is -3.43. The maximum Gasteiger partial charge on any atom is 0.242 e. The van der Waals surface area contributed by atoms with E-state index in [0.717, 1.165) is 5.56 Å². The zero-order valence-electron chi connectivity index (χ0n) is 10.8. The summed E-state index contributed by atoms with van der Waals surface area (Å²) in [5, 5.41) is 6.17. The Hall–Kier alpha value is -1.18. The van der Waals surface area contributed by atoms with E-state index in [9.17, 15) is 8.42 Å². The highest BCUT2D eigenvalue weighted by atomic mass is 32.2. The second kappa shape index (κ2) is 5.64. The Morgan fingerprint density at radius 2 is 1.94 bits per heavy atom. The summed E-state index contributed by atoms with van der Waals surface area (Å²) in [6.07, 6.45) is 0. The van der Waals surface area contributed by atoms with E-state index in [0.29, 0.717) is 10.8 Å². The molecule has 0 spiro atoms. The van der Waals surface area contributed by atoms with E-state index < -0.39 is 10.0 Å². The van der Waals surface area contributed by atoms with Crippen molar-refractivity contribution in [2.45, 2.75) is 11.8 Å². The number of hydrogen-bond donors (Lipinski definition) is 2. The largest absolute Gasteiger partial charge is 0.366 e. The first-order chi connectivity index (χ1) is 8.28. The monoisotopic (exact) mass is 287 g/mol. The number of thiocarbonyl (C=S) groups is 1. The fourth-order valence-electron chi connectivity index (χ4n) is 1.29. The van der Waals surface area contributed by atoms with Crippen LogP contribution in [0.15, 0.2) is 23.1 Å². The van der Waals surface area contributed by atoms with Crippen molar-refractivity contribution in [2.75, 3.05) is 26.5 Å². The average molecular weight is 287 g/mol. The van der Waals surface area contributed by atoms with E-state index in [-0.39, 0.29) is 4.90 Å². The van der Waals surface area contributed by atoms with E-state index in [1.165, 1.54) is 18.4 Å². The van der Waals surface area contributed by atoms with Crippen molar-refractivity contribution in [1.82, 2.24) is 9.62 Å². The van der Waals surface area contributed by atoms with Crippen molar-refractivity contribution in [3.05, 3.63) is 23.8 Å². The van der Waals surface area contributed by atoms with Crippen molar-refractivity contribution >= 4 is 33.0 Å². The molecule has 7 heteroatoms. The minimum Gasteiger partial charge on any atom is -0.366 e. The Labute approximate surface area is 113 Å². The van der Waals surface area contributed by atoms with Gasteiger partial charge in [0, 0.05) is 26.8 Å². The summed E-state index contributed by atoms with van der Waals surface area (Å²) in [6, 6.07) is 4.91. The number of rotatable bonds is 3. The first-order valence-corrected chi connectivity index (χ1v) is 7.15. The van der Waals surface area contributed by atoms with Gasteiger partial charge in [0.05, 0.1) is 4.90 Å². The third-order valence-corrected chi connectivity index (χ3v) is 4.58. The highest BCUT2D eigenvalue weighted by Crippen LogP contribution is 2.21. The molecule has 0 heterocycles. The van der Waals surface area contributed by atoms with Crippen LogP contribution in [0.25, 0.3) is 0 Å². The molecule has 1 rings (SSSR count). The lowest BCUT2D eigenvalue weighted by molar-refractivity contribution is 0.521. The van der Waals surface area contributed by atoms with Crippen molar-refractivity contribution in [1.29, 1.82) is 0 Å². The molecule has 0 atom stereocenters.